The summed E-state index contributed by atoms with van der Waals surface area (Å²) in [5.41, 5.74) is -0.476. The van der Waals surface area contributed by atoms with Gasteiger partial charge in [-0.25, -0.2) is 4.79 Å². The molecule has 0 radical (unpaired) electrons. The van der Waals surface area contributed by atoms with Gasteiger partial charge in [0.2, 0.25) is 0 Å². The van der Waals surface area contributed by atoms with Crippen LogP contribution in [0.15, 0.2) is 24.5 Å². The lowest BCUT2D eigenvalue weighted by atomic mass is 10.1. The quantitative estimate of drug-likeness (QED) is 0.737. The molecule has 5 heteroatoms. The predicted molar refractivity (Wildman–Crippen MR) is 63.3 cm³/mol. The third kappa shape index (κ3) is 3.80. The Morgan fingerprint density at radius 2 is 2.18 bits per heavy atom. The third-order valence-corrected chi connectivity index (χ3v) is 2.58. The van der Waals surface area contributed by atoms with E-state index in [1.54, 1.807) is 12.4 Å². The van der Waals surface area contributed by atoms with Crippen molar-refractivity contribution >= 4 is 5.97 Å². The molecule has 94 valence electrons. The van der Waals surface area contributed by atoms with Crippen molar-refractivity contribution in [2.75, 3.05) is 13.7 Å². The number of nitrogens with zero attached hydrogens (tertiary/aromatic N) is 1. The molecule has 17 heavy (non-hydrogen) atoms. The van der Waals surface area contributed by atoms with Crippen LogP contribution in [-0.2, 0) is 9.53 Å². The Kier molecular flexibility index (Phi) is 4.60. The summed E-state index contributed by atoms with van der Waals surface area (Å²) in [7, 11) is 1.25. The number of aromatic nitrogens is 1. The van der Waals surface area contributed by atoms with Crippen molar-refractivity contribution in [3.63, 3.8) is 0 Å². The third-order valence-electron chi connectivity index (χ3n) is 2.58. The maximum absolute atomic E-state index is 11.3. The molecule has 0 aliphatic heterocycles. The summed E-state index contributed by atoms with van der Waals surface area (Å²) >= 11 is 0. The molecule has 2 atom stereocenters. The summed E-state index contributed by atoms with van der Waals surface area (Å²) in [5, 5.41) is 12.9. The van der Waals surface area contributed by atoms with E-state index in [9.17, 15) is 9.90 Å². The van der Waals surface area contributed by atoms with E-state index in [1.165, 1.54) is 14.0 Å². The molecule has 0 spiro atoms. The summed E-state index contributed by atoms with van der Waals surface area (Å²) in [4.78, 5) is 15.2. The fraction of sp³-hybridized carbons (Fsp3) is 0.500. The maximum Gasteiger partial charge on any atom is 0.338 e. The first kappa shape index (κ1) is 13.6. The van der Waals surface area contributed by atoms with Crippen LogP contribution in [0, 0.1) is 0 Å². The molecule has 0 bridgehead atoms. The minimum atomic E-state index is -1.52. The average Bonchev–Trinajstić information content (AvgIpc) is 2.36. The molecule has 0 amide bonds. The van der Waals surface area contributed by atoms with Gasteiger partial charge in [-0.2, -0.15) is 0 Å². The molecular weight excluding hydrogens is 220 g/mol. The first-order chi connectivity index (χ1) is 7.97. The lowest BCUT2D eigenvalue weighted by Crippen LogP contribution is -2.46. The zero-order valence-corrected chi connectivity index (χ0v) is 10.3. The van der Waals surface area contributed by atoms with Gasteiger partial charge < -0.3 is 15.2 Å². The van der Waals surface area contributed by atoms with Gasteiger partial charge in [-0.05, 0) is 31.5 Å². The first-order valence-corrected chi connectivity index (χ1v) is 5.41. The first-order valence-electron chi connectivity index (χ1n) is 5.41. The zero-order valence-electron chi connectivity index (χ0n) is 10.3. The minimum absolute atomic E-state index is 0.0223. The van der Waals surface area contributed by atoms with Crippen molar-refractivity contribution in [2.45, 2.75) is 25.5 Å². The molecule has 1 heterocycles. The lowest BCUT2D eigenvalue weighted by Gasteiger charge is -2.23. The van der Waals surface area contributed by atoms with E-state index in [-0.39, 0.29) is 12.6 Å². The van der Waals surface area contributed by atoms with Gasteiger partial charge in [0.1, 0.15) is 0 Å². The Labute approximate surface area is 101 Å². The number of carbonyl (C=O) groups is 1. The highest BCUT2D eigenvalue weighted by Crippen LogP contribution is 2.12. The van der Waals surface area contributed by atoms with Gasteiger partial charge in [0.05, 0.1) is 7.11 Å². The SMILES string of the molecule is COC(=O)C(C)(O)CN[C@H](C)c1ccncc1. The van der Waals surface area contributed by atoms with Crippen LogP contribution in [0.5, 0.6) is 0 Å². The molecule has 0 saturated heterocycles. The van der Waals surface area contributed by atoms with Crippen LogP contribution in [0.1, 0.15) is 25.5 Å². The molecule has 5 nitrogen and oxygen atoms in total. The molecule has 0 saturated carbocycles. The normalized spacial score (nSPS) is 16.0. The Morgan fingerprint density at radius 3 is 2.71 bits per heavy atom. The highest BCUT2D eigenvalue weighted by atomic mass is 16.5. The van der Waals surface area contributed by atoms with Crippen molar-refractivity contribution in [1.29, 1.82) is 0 Å². The highest BCUT2D eigenvalue weighted by molar-refractivity contribution is 5.78. The lowest BCUT2D eigenvalue weighted by molar-refractivity contribution is -0.160. The van der Waals surface area contributed by atoms with Gasteiger partial charge in [0.15, 0.2) is 5.60 Å². The van der Waals surface area contributed by atoms with E-state index in [4.69, 9.17) is 0 Å². The second kappa shape index (κ2) is 5.75. The largest absolute Gasteiger partial charge is 0.467 e. The summed E-state index contributed by atoms with van der Waals surface area (Å²) < 4.78 is 4.51. The van der Waals surface area contributed by atoms with E-state index < -0.39 is 11.6 Å². The number of methoxy groups -OCH3 is 1. The van der Waals surface area contributed by atoms with E-state index in [0.29, 0.717) is 0 Å². The van der Waals surface area contributed by atoms with Crippen LogP contribution in [-0.4, -0.2) is 35.3 Å². The van der Waals surface area contributed by atoms with Crippen LogP contribution in [0.25, 0.3) is 0 Å². The molecule has 1 rings (SSSR count). The summed E-state index contributed by atoms with van der Waals surface area (Å²) in [6, 6.07) is 3.78. The van der Waals surface area contributed by atoms with Gasteiger partial charge in [0, 0.05) is 25.0 Å². The van der Waals surface area contributed by atoms with Crippen molar-refractivity contribution < 1.29 is 14.6 Å². The van der Waals surface area contributed by atoms with E-state index in [1.807, 2.05) is 19.1 Å². The van der Waals surface area contributed by atoms with E-state index in [2.05, 4.69) is 15.0 Å². The Balaban J connectivity index is 2.54. The van der Waals surface area contributed by atoms with Gasteiger partial charge in [-0.3, -0.25) is 4.98 Å². The minimum Gasteiger partial charge on any atom is -0.467 e. The number of hydrogen-bond donors (Lipinski definition) is 2. The molecule has 1 aromatic heterocycles. The smallest absolute Gasteiger partial charge is 0.338 e. The van der Waals surface area contributed by atoms with Crippen molar-refractivity contribution in [3.05, 3.63) is 30.1 Å². The Morgan fingerprint density at radius 1 is 1.59 bits per heavy atom. The van der Waals surface area contributed by atoms with Crippen LogP contribution in [0.4, 0.5) is 0 Å². The molecule has 1 unspecified atom stereocenters. The molecule has 0 aromatic carbocycles. The monoisotopic (exact) mass is 238 g/mol. The van der Waals surface area contributed by atoms with E-state index in [0.717, 1.165) is 5.56 Å². The van der Waals surface area contributed by atoms with Gasteiger partial charge in [-0.1, -0.05) is 0 Å². The fourth-order valence-electron chi connectivity index (χ4n) is 1.41. The number of rotatable bonds is 5. The van der Waals surface area contributed by atoms with Crippen LogP contribution in [0.3, 0.4) is 0 Å². The Hall–Kier alpha value is -1.46. The zero-order chi connectivity index (χ0) is 12.9. The maximum atomic E-state index is 11.3. The summed E-state index contributed by atoms with van der Waals surface area (Å²) in [6.07, 6.45) is 3.40. The number of aliphatic hydroxyl groups is 1. The molecule has 0 aliphatic carbocycles. The number of ether oxygens (including phenoxy) is 1. The predicted octanol–water partition coefficient (Wildman–Crippen LogP) is 0.656. The average molecular weight is 238 g/mol. The number of carbonyl (C=O) groups excluding carboxylic acids is 1. The van der Waals surface area contributed by atoms with Gasteiger partial charge in [-0.15, -0.1) is 0 Å². The second-order valence-corrected chi connectivity index (χ2v) is 4.15. The van der Waals surface area contributed by atoms with Crippen LogP contribution in [0.2, 0.25) is 0 Å². The standard InChI is InChI=1S/C12H18N2O3/c1-9(10-4-6-13-7-5-10)14-8-12(2,16)11(15)17-3/h4-7,9,14,16H,8H2,1-3H3/t9-,12?/m1/s1. The molecule has 1 aromatic rings. The summed E-state index contributed by atoms with van der Waals surface area (Å²) in [5.74, 6) is -0.646. The van der Waals surface area contributed by atoms with Crippen molar-refractivity contribution in [2.24, 2.45) is 0 Å². The molecule has 2 N–H and O–H groups in total. The van der Waals surface area contributed by atoms with Crippen molar-refractivity contribution in [3.8, 4) is 0 Å². The number of esters is 1. The highest BCUT2D eigenvalue weighted by Gasteiger charge is 2.31. The number of hydrogen-bond acceptors (Lipinski definition) is 5. The van der Waals surface area contributed by atoms with Crippen molar-refractivity contribution in [1.82, 2.24) is 10.3 Å². The number of pyridine rings is 1. The Bertz CT molecular complexity index is 365. The fourth-order valence-corrected chi connectivity index (χ4v) is 1.41. The second-order valence-electron chi connectivity index (χ2n) is 4.15. The van der Waals surface area contributed by atoms with Gasteiger partial charge in [0.25, 0.3) is 0 Å². The summed E-state index contributed by atoms with van der Waals surface area (Å²) in [6.45, 7) is 3.50. The van der Waals surface area contributed by atoms with E-state index >= 15 is 0 Å². The molecule has 0 fully saturated rings. The molecule has 0 aliphatic rings. The van der Waals surface area contributed by atoms with Gasteiger partial charge >= 0.3 is 5.97 Å². The molecular formula is C12H18N2O3. The topological polar surface area (TPSA) is 71.5 Å². The van der Waals surface area contributed by atoms with Crippen LogP contribution >= 0.6 is 0 Å². The number of nitrogens with one attached hydrogen (secondary N) is 1. The van der Waals surface area contributed by atoms with Crippen LogP contribution < -0.4 is 5.32 Å².